The van der Waals surface area contributed by atoms with Crippen LogP contribution in [0.2, 0.25) is 0 Å². The number of nitrogens with one attached hydrogen (secondary N) is 1. The van der Waals surface area contributed by atoms with Crippen LogP contribution in [0.15, 0.2) is 17.6 Å². The highest BCUT2D eigenvalue weighted by molar-refractivity contribution is 7.09. The summed E-state index contributed by atoms with van der Waals surface area (Å²) in [7, 11) is 1.92. The van der Waals surface area contributed by atoms with Crippen LogP contribution in [0.3, 0.4) is 0 Å². The van der Waals surface area contributed by atoms with E-state index >= 15 is 0 Å². The normalized spacial score (nSPS) is 16.3. The van der Waals surface area contributed by atoms with Crippen LogP contribution in [0.1, 0.15) is 46.5 Å². The van der Waals surface area contributed by atoms with E-state index in [1.165, 1.54) is 10.7 Å². The highest BCUT2D eigenvalue weighted by atomic mass is 32.1. The zero-order valence-corrected chi connectivity index (χ0v) is 16.2. The van der Waals surface area contributed by atoms with Crippen LogP contribution in [0.4, 0.5) is 0 Å². The number of carbonyl (C=O) groups is 1. The molecular weight excluding hydrogens is 332 g/mol. The fraction of sp³-hybridized carbons (Fsp3) is 0.579. The Kier molecular flexibility index (Phi) is 5.91. The molecule has 3 rings (SSSR count). The first-order valence-corrected chi connectivity index (χ1v) is 10.0. The molecule has 2 aromatic heterocycles. The summed E-state index contributed by atoms with van der Waals surface area (Å²) in [4.78, 5) is 19.5. The van der Waals surface area contributed by atoms with Crippen molar-refractivity contribution in [2.45, 2.75) is 39.7 Å². The molecule has 6 heteroatoms. The molecule has 0 atom stereocenters. The molecule has 1 N–H and O–H groups in total. The Bertz CT molecular complexity index is 693. The van der Waals surface area contributed by atoms with Crippen molar-refractivity contribution in [1.29, 1.82) is 0 Å². The van der Waals surface area contributed by atoms with Gasteiger partial charge in [-0.2, -0.15) is 0 Å². The minimum atomic E-state index is 0.0435. The summed E-state index contributed by atoms with van der Waals surface area (Å²) in [5.74, 6) is 0.615. The molecular formula is C19H28N4OS. The van der Waals surface area contributed by atoms with Gasteiger partial charge in [-0.3, -0.25) is 9.69 Å². The van der Waals surface area contributed by atoms with Gasteiger partial charge in [0, 0.05) is 31.7 Å². The van der Waals surface area contributed by atoms with Crippen LogP contribution in [0.5, 0.6) is 0 Å². The van der Waals surface area contributed by atoms with Gasteiger partial charge in [-0.05, 0) is 56.8 Å². The molecule has 1 fully saturated rings. The van der Waals surface area contributed by atoms with Crippen molar-refractivity contribution >= 4 is 17.2 Å². The predicted octanol–water partition coefficient (Wildman–Crippen LogP) is 2.99. The molecule has 0 aromatic carbocycles. The van der Waals surface area contributed by atoms with Gasteiger partial charge in [-0.25, -0.2) is 4.98 Å². The lowest BCUT2D eigenvalue weighted by atomic mass is 9.96. The molecule has 1 aliphatic heterocycles. The van der Waals surface area contributed by atoms with Crippen LogP contribution in [-0.2, 0) is 20.0 Å². The number of carbonyl (C=O) groups excluding carboxylic acids is 1. The highest BCUT2D eigenvalue weighted by Gasteiger charge is 2.21. The van der Waals surface area contributed by atoms with Gasteiger partial charge in [0.1, 0.15) is 5.69 Å². The van der Waals surface area contributed by atoms with Crippen LogP contribution < -0.4 is 5.32 Å². The van der Waals surface area contributed by atoms with E-state index in [4.69, 9.17) is 0 Å². The standard InChI is InChI=1S/C19H28N4OS/c1-4-17-21-16(13-25-17)12-23-9-6-15(7-10-23)11-20-19(24)18-14(2)5-8-22(18)3/h5,8,13,15H,4,6-7,9-12H2,1-3H3,(H,20,24). The summed E-state index contributed by atoms with van der Waals surface area (Å²) in [5, 5.41) is 6.54. The van der Waals surface area contributed by atoms with Gasteiger partial charge in [0.05, 0.1) is 10.7 Å². The number of thiazole rings is 1. The lowest BCUT2D eigenvalue weighted by molar-refractivity contribution is 0.0926. The zero-order chi connectivity index (χ0) is 17.8. The van der Waals surface area contributed by atoms with Gasteiger partial charge in [0.2, 0.25) is 0 Å². The molecule has 5 nitrogen and oxygen atoms in total. The Morgan fingerprint density at radius 3 is 2.76 bits per heavy atom. The number of hydrogen-bond acceptors (Lipinski definition) is 4. The molecule has 0 unspecified atom stereocenters. The van der Waals surface area contributed by atoms with E-state index in [1.807, 2.05) is 30.8 Å². The number of aryl methyl sites for hydroxylation is 3. The highest BCUT2D eigenvalue weighted by Crippen LogP contribution is 2.20. The summed E-state index contributed by atoms with van der Waals surface area (Å²) < 4.78 is 1.89. The second kappa shape index (κ2) is 8.15. The maximum absolute atomic E-state index is 12.4. The molecule has 0 saturated carbocycles. The molecule has 1 amide bonds. The van der Waals surface area contributed by atoms with Crippen molar-refractivity contribution < 1.29 is 4.79 Å². The van der Waals surface area contributed by atoms with Crippen molar-refractivity contribution in [3.05, 3.63) is 39.6 Å². The Morgan fingerprint density at radius 2 is 2.16 bits per heavy atom. The van der Waals surface area contributed by atoms with Crippen LogP contribution in [0, 0.1) is 12.8 Å². The topological polar surface area (TPSA) is 50.2 Å². The number of hydrogen-bond donors (Lipinski definition) is 1. The third-order valence-corrected chi connectivity index (χ3v) is 6.08. The van der Waals surface area contributed by atoms with Gasteiger partial charge in [0.15, 0.2) is 0 Å². The van der Waals surface area contributed by atoms with Gasteiger partial charge >= 0.3 is 0 Å². The quantitative estimate of drug-likeness (QED) is 0.861. The van der Waals surface area contributed by atoms with E-state index in [-0.39, 0.29) is 5.91 Å². The summed E-state index contributed by atoms with van der Waals surface area (Å²) in [6.45, 7) is 8.03. The molecule has 0 spiro atoms. The maximum atomic E-state index is 12.4. The monoisotopic (exact) mass is 360 g/mol. The fourth-order valence-electron chi connectivity index (χ4n) is 3.48. The molecule has 136 valence electrons. The van der Waals surface area contributed by atoms with Crippen LogP contribution in [0.25, 0.3) is 0 Å². The van der Waals surface area contributed by atoms with E-state index < -0.39 is 0 Å². The van der Waals surface area contributed by atoms with Gasteiger partial charge in [-0.15, -0.1) is 11.3 Å². The van der Waals surface area contributed by atoms with E-state index in [9.17, 15) is 4.79 Å². The van der Waals surface area contributed by atoms with E-state index in [1.54, 1.807) is 11.3 Å². The third-order valence-electron chi connectivity index (χ3n) is 5.04. The largest absolute Gasteiger partial charge is 0.350 e. The van der Waals surface area contributed by atoms with E-state index in [2.05, 4.69) is 27.5 Å². The first kappa shape index (κ1) is 18.1. The Balaban J connectivity index is 1.42. The molecule has 0 bridgehead atoms. The lowest BCUT2D eigenvalue weighted by Crippen LogP contribution is -2.38. The number of piperidine rings is 1. The van der Waals surface area contributed by atoms with E-state index in [0.29, 0.717) is 5.92 Å². The average Bonchev–Trinajstić information content (AvgIpc) is 3.20. The van der Waals surface area contributed by atoms with Crippen molar-refractivity contribution in [2.24, 2.45) is 13.0 Å². The molecule has 0 aliphatic carbocycles. The van der Waals surface area contributed by atoms with Gasteiger partial charge in [-0.1, -0.05) is 6.92 Å². The summed E-state index contributed by atoms with van der Waals surface area (Å²) in [6, 6.07) is 1.98. The summed E-state index contributed by atoms with van der Waals surface area (Å²) >= 11 is 1.76. The van der Waals surface area contributed by atoms with Crippen molar-refractivity contribution in [3.8, 4) is 0 Å². The maximum Gasteiger partial charge on any atom is 0.268 e. The van der Waals surface area contributed by atoms with Crippen molar-refractivity contribution in [3.63, 3.8) is 0 Å². The molecule has 2 aromatic rings. The number of aromatic nitrogens is 2. The summed E-state index contributed by atoms with van der Waals surface area (Å²) in [6.07, 6.45) is 5.23. The third kappa shape index (κ3) is 4.50. The first-order chi connectivity index (χ1) is 12.1. The van der Waals surface area contributed by atoms with Crippen LogP contribution >= 0.6 is 11.3 Å². The van der Waals surface area contributed by atoms with E-state index in [0.717, 1.165) is 56.7 Å². The minimum absolute atomic E-state index is 0.0435. The summed E-state index contributed by atoms with van der Waals surface area (Å²) in [5.41, 5.74) is 3.00. The second-order valence-corrected chi connectivity index (χ2v) is 7.92. The molecule has 25 heavy (non-hydrogen) atoms. The smallest absolute Gasteiger partial charge is 0.268 e. The Morgan fingerprint density at radius 1 is 1.40 bits per heavy atom. The minimum Gasteiger partial charge on any atom is -0.350 e. The first-order valence-electron chi connectivity index (χ1n) is 9.12. The van der Waals surface area contributed by atoms with Gasteiger partial charge in [0.25, 0.3) is 5.91 Å². The molecule has 0 radical (unpaired) electrons. The SMILES string of the molecule is CCc1nc(CN2CCC(CNC(=O)c3c(C)ccn3C)CC2)cs1. The average molecular weight is 361 g/mol. The van der Waals surface area contributed by atoms with Crippen LogP contribution in [-0.4, -0.2) is 40.0 Å². The molecule has 1 aliphatic rings. The number of amides is 1. The lowest BCUT2D eigenvalue weighted by Gasteiger charge is -2.31. The molecule has 3 heterocycles. The second-order valence-electron chi connectivity index (χ2n) is 6.97. The fourth-order valence-corrected chi connectivity index (χ4v) is 4.21. The number of rotatable bonds is 6. The predicted molar refractivity (Wildman–Crippen MR) is 102 cm³/mol. The van der Waals surface area contributed by atoms with Gasteiger partial charge < -0.3 is 9.88 Å². The van der Waals surface area contributed by atoms with Crippen molar-refractivity contribution in [2.75, 3.05) is 19.6 Å². The molecule has 1 saturated heterocycles. The number of likely N-dealkylation sites (tertiary alicyclic amines) is 1. The number of nitrogens with zero attached hydrogens (tertiary/aromatic N) is 3. The Labute approximate surface area is 154 Å². The zero-order valence-electron chi connectivity index (χ0n) is 15.4. The Hall–Kier alpha value is -1.66. The van der Waals surface area contributed by atoms with Crippen molar-refractivity contribution in [1.82, 2.24) is 19.8 Å².